The first kappa shape index (κ1) is 11.5. The quantitative estimate of drug-likeness (QED) is 0.609. The largest absolute Gasteiger partial charge is 0.317 e. The smallest absolute Gasteiger partial charge is 0.248 e. The Kier molecular flexibility index (Phi) is 3.79. The van der Waals surface area contributed by atoms with E-state index < -0.39 is 31.4 Å². The third kappa shape index (κ3) is 2.25. The zero-order valence-electron chi connectivity index (χ0n) is 5.58. The summed E-state index contributed by atoms with van der Waals surface area (Å²) in [5, 5.41) is 0. The van der Waals surface area contributed by atoms with Crippen LogP contribution in [0.1, 0.15) is 0 Å². The van der Waals surface area contributed by atoms with Crippen molar-refractivity contribution in [2.75, 3.05) is 6.67 Å². The molecule has 0 N–H and O–H groups in total. The van der Waals surface area contributed by atoms with Crippen LogP contribution in [0.5, 0.6) is 0 Å². The van der Waals surface area contributed by atoms with E-state index in [0.29, 0.717) is 0 Å². The fourth-order valence-electron chi connectivity index (χ4n) is 0.444. The molecule has 0 aliphatic rings. The second-order valence-corrected chi connectivity index (χ2v) is 2.03. The topological polar surface area (TPSA) is 0 Å². The SMILES string of the molecule is FCC(F)C(F)(F)C(F)C(F)F. The van der Waals surface area contributed by atoms with E-state index in [-0.39, 0.29) is 0 Å². The van der Waals surface area contributed by atoms with E-state index in [1.807, 2.05) is 0 Å². The molecule has 7 heteroatoms. The normalized spacial score (nSPS) is 18.0. The molecule has 0 fully saturated rings. The van der Waals surface area contributed by atoms with Crippen LogP contribution in [-0.4, -0.2) is 31.4 Å². The summed E-state index contributed by atoms with van der Waals surface area (Å²) in [7, 11) is 0. The molecule has 0 aliphatic carbocycles. The highest BCUT2D eigenvalue weighted by Gasteiger charge is 2.53. The molecule has 0 heterocycles. The fraction of sp³-hybridized carbons (Fsp3) is 1.00. The molecule has 0 amide bonds. The Bertz CT molecular complexity index is 134. The minimum absolute atomic E-state index is 2.19. The van der Waals surface area contributed by atoms with Crippen molar-refractivity contribution in [2.45, 2.75) is 24.7 Å². The summed E-state index contributed by atoms with van der Waals surface area (Å²) in [5.41, 5.74) is 0. The van der Waals surface area contributed by atoms with E-state index in [1.165, 1.54) is 0 Å². The summed E-state index contributed by atoms with van der Waals surface area (Å²) in [5.74, 6) is -4.97. The van der Waals surface area contributed by atoms with Crippen molar-refractivity contribution < 1.29 is 30.7 Å². The maximum absolute atomic E-state index is 12.0. The number of hydrogen-bond acceptors (Lipinski definition) is 0. The van der Waals surface area contributed by atoms with E-state index in [9.17, 15) is 30.7 Å². The molecule has 0 saturated carbocycles. The first-order valence-corrected chi connectivity index (χ1v) is 2.84. The van der Waals surface area contributed by atoms with E-state index in [4.69, 9.17) is 0 Å². The molecular weight excluding hydrogens is 193 g/mol. The second kappa shape index (κ2) is 3.95. The van der Waals surface area contributed by atoms with Crippen LogP contribution in [0, 0.1) is 0 Å². The van der Waals surface area contributed by atoms with Crippen molar-refractivity contribution in [3.05, 3.63) is 0 Å². The lowest BCUT2D eigenvalue weighted by atomic mass is 10.1. The molecule has 0 saturated heterocycles. The van der Waals surface area contributed by atoms with Gasteiger partial charge in [-0.3, -0.25) is 0 Å². The van der Waals surface area contributed by atoms with Gasteiger partial charge in [0.15, 0.2) is 6.17 Å². The predicted molar refractivity (Wildman–Crippen MR) is 26.7 cm³/mol. The monoisotopic (exact) mass is 198 g/mol. The first-order valence-electron chi connectivity index (χ1n) is 2.84. The molecule has 0 nitrogen and oxygen atoms in total. The molecule has 0 radical (unpaired) electrons. The first-order chi connectivity index (χ1) is 5.34. The molecule has 0 aliphatic heterocycles. The van der Waals surface area contributed by atoms with Crippen LogP contribution in [0.2, 0.25) is 0 Å². The third-order valence-corrected chi connectivity index (χ3v) is 1.14. The zero-order chi connectivity index (χ0) is 9.94. The molecule has 0 bridgehead atoms. The molecule has 2 unspecified atom stereocenters. The van der Waals surface area contributed by atoms with Gasteiger partial charge in [-0.15, -0.1) is 0 Å². The summed E-state index contributed by atoms with van der Waals surface area (Å²) in [6.45, 7) is -2.19. The summed E-state index contributed by atoms with van der Waals surface area (Å²) in [6, 6.07) is 0. The van der Waals surface area contributed by atoms with E-state index in [1.54, 1.807) is 0 Å². The average molecular weight is 198 g/mol. The molecule has 0 rings (SSSR count). The van der Waals surface area contributed by atoms with Crippen molar-refractivity contribution in [3.63, 3.8) is 0 Å². The van der Waals surface area contributed by atoms with Gasteiger partial charge in [0.2, 0.25) is 6.17 Å². The number of hydrogen-bond donors (Lipinski definition) is 0. The Morgan fingerprint density at radius 3 is 1.67 bits per heavy atom. The minimum Gasteiger partial charge on any atom is -0.248 e. The molecule has 74 valence electrons. The molecule has 0 aromatic rings. The molecule has 0 spiro atoms. The molecular formula is C5H5F7. The lowest BCUT2D eigenvalue weighted by molar-refractivity contribution is -0.168. The number of halogens is 7. The van der Waals surface area contributed by atoms with Crippen molar-refractivity contribution in [3.8, 4) is 0 Å². The standard InChI is InChI=1S/C5H5F7/c6-1-2(7)5(11,12)3(8)4(9)10/h2-4H,1H2. The lowest BCUT2D eigenvalue weighted by Crippen LogP contribution is -2.44. The highest BCUT2D eigenvalue weighted by Crippen LogP contribution is 2.31. The van der Waals surface area contributed by atoms with Crippen LogP contribution < -0.4 is 0 Å². The van der Waals surface area contributed by atoms with E-state index >= 15 is 0 Å². The van der Waals surface area contributed by atoms with Crippen LogP contribution in [-0.2, 0) is 0 Å². The summed E-state index contributed by atoms with van der Waals surface area (Å²) < 4.78 is 81.4. The van der Waals surface area contributed by atoms with Crippen LogP contribution in [0.15, 0.2) is 0 Å². The number of alkyl halides is 7. The minimum atomic E-state index is -4.97. The fourth-order valence-corrected chi connectivity index (χ4v) is 0.444. The Hall–Kier alpha value is -0.490. The van der Waals surface area contributed by atoms with Gasteiger partial charge in [-0.2, -0.15) is 8.78 Å². The Morgan fingerprint density at radius 2 is 1.42 bits per heavy atom. The van der Waals surface area contributed by atoms with Gasteiger partial charge in [-0.05, 0) is 0 Å². The van der Waals surface area contributed by atoms with Gasteiger partial charge in [0.1, 0.15) is 6.67 Å². The van der Waals surface area contributed by atoms with Gasteiger partial charge in [-0.25, -0.2) is 22.0 Å². The van der Waals surface area contributed by atoms with Crippen LogP contribution in [0.25, 0.3) is 0 Å². The second-order valence-electron chi connectivity index (χ2n) is 2.03. The Morgan fingerprint density at radius 1 is 1.00 bits per heavy atom. The highest BCUT2D eigenvalue weighted by molar-refractivity contribution is 4.85. The Balaban J connectivity index is 4.37. The summed E-state index contributed by atoms with van der Waals surface area (Å²) >= 11 is 0. The maximum atomic E-state index is 12.0. The number of rotatable bonds is 4. The Labute approximate surface area is 63.4 Å². The van der Waals surface area contributed by atoms with Crippen molar-refractivity contribution in [1.82, 2.24) is 0 Å². The van der Waals surface area contributed by atoms with E-state index in [2.05, 4.69) is 0 Å². The third-order valence-electron chi connectivity index (χ3n) is 1.14. The van der Waals surface area contributed by atoms with Crippen molar-refractivity contribution in [2.24, 2.45) is 0 Å². The van der Waals surface area contributed by atoms with Gasteiger partial charge in [-0.1, -0.05) is 0 Å². The van der Waals surface area contributed by atoms with Gasteiger partial charge < -0.3 is 0 Å². The van der Waals surface area contributed by atoms with Gasteiger partial charge in [0.05, 0.1) is 0 Å². The van der Waals surface area contributed by atoms with Gasteiger partial charge in [0, 0.05) is 0 Å². The summed E-state index contributed by atoms with van der Waals surface area (Å²) in [6.07, 6.45) is -11.5. The zero-order valence-corrected chi connectivity index (χ0v) is 5.58. The van der Waals surface area contributed by atoms with Crippen LogP contribution >= 0.6 is 0 Å². The predicted octanol–water partition coefficient (Wildman–Crippen LogP) is 2.53. The maximum Gasteiger partial charge on any atom is 0.317 e. The molecule has 2 atom stereocenters. The average Bonchev–Trinajstić information content (AvgIpc) is 2.01. The van der Waals surface area contributed by atoms with Gasteiger partial charge >= 0.3 is 5.92 Å². The summed E-state index contributed by atoms with van der Waals surface area (Å²) in [4.78, 5) is 0. The van der Waals surface area contributed by atoms with Crippen LogP contribution in [0.3, 0.4) is 0 Å². The van der Waals surface area contributed by atoms with Crippen molar-refractivity contribution in [1.29, 1.82) is 0 Å². The van der Waals surface area contributed by atoms with Gasteiger partial charge in [0.25, 0.3) is 6.43 Å². The van der Waals surface area contributed by atoms with Crippen molar-refractivity contribution >= 4 is 0 Å². The molecule has 0 aromatic carbocycles. The van der Waals surface area contributed by atoms with Crippen LogP contribution in [0.4, 0.5) is 30.7 Å². The lowest BCUT2D eigenvalue weighted by Gasteiger charge is -2.21. The van der Waals surface area contributed by atoms with E-state index in [0.717, 1.165) is 0 Å². The highest BCUT2D eigenvalue weighted by atomic mass is 19.3. The molecule has 0 aromatic heterocycles. The molecule has 12 heavy (non-hydrogen) atoms.